The third-order valence-electron chi connectivity index (χ3n) is 12.2. The molecule has 4 heteroatoms. The lowest BCUT2D eigenvalue weighted by Crippen LogP contribution is -2.28. The van der Waals surface area contributed by atoms with Crippen LogP contribution in [0.3, 0.4) is 0 Å². The first-order chi connectivity index (χ1) is 30.2. The van der Waals surface area contributed by atoms with Gasteiger partial charge in [0.15, 0.2) is 28.8 Å². The fraction of sp³-hybridized carbons (Fsp3) is 0.0175. The van der Waals surface area contributed by atoms with Gasteiger partial charge in [-0.3, -0.25) is 0 Å². The smallest absolute Gasteiger partial charge is 0.178 e. The van der Waals surface area contributed by atoms with E-state index in [0.29, 0.717) is 23.1 Å². The normalized spacial score (nSPS) is 13.0. The fourth-order valence-electron chi connectivity index (χ4n) is 9.38. The quantitative estimate of drug-likeness (QED) is 0.169. The number of rotatable bonds is 6. The third kappa shape index (κ3) is 5.68. The Labute approximate surface area is 354 Å². The molecular weight excluding hydrogens is 745 g/mol. The molecule has 0 unspecified atom stereocenters. The second-order valence-corrected chi connectivity index (χ2v) is 15.7. The lowest BCUT2D eigenvalue weighted by molar-refractivity contribution is 0.360. The number of aromatic nitrogens is 2. The molecule has 10 aromatic rings. The SMILES string of the molecule is c1ccc(-c2nc(-c3ccc(-c4ccc5c(c4)Oc4c(ccc6c4-c4ccccc4C6(c4ccccc4)c4ccccc4)O5)cc3)cc(-c3ccc4ccccc4c3)n2)cc1. The number of hydrogen-bond donors (Lipinski definition) is 0. The summed E-state index contributed by atoms with van der Waals surface area (Å²) >= 11 is 0. The van der Waals surface area contributed by atoms with E-state index in [2.05, 4.69) is 194 Å². The summed E-state index contributed by atoms with van der Waals surface area (Å²) in [5.41, 5.74) is 13.3. The topological polar surface area (TPSA) is 44.2 Å². The average Bonchev–Trinajstić information content (AvgIpc) is 3.65. The summed E-state index contributed by atoms with van der Waals surface area (Å²) in [4.78, 5) is 10.2. The highest BCUT2D eigenvalue weighted by atomic mass is 16.6. The first-order valence-corrected chi connectivity index (χ1v) is 20.6. The highest BCUT2D eigenvalue weighted by Gasteiger charge is 2.48. The van der Waals surface area contributed by atoms with Crippen molar-refractivity contribution in [1.82, 2.24) is 9.97 Å². The predicted octanol–water partition coefficient (Wildman–Crippen LogP) is 14.6. The lowest BCUT2D eigenvalue weighted by atomic mass is 9.68. The monoisotopic (exact) mass is 780 g/mol. The maximum absolute atomic E-state index is 6.99. The van der Waals surface area contributed by atoms with Crippen molar-refractivity contribution in [3.8, 4) is 79.2 Å². The summed E-state index contributed by atoms with van der Waals surface area (Å²) in [6.45, 7) is 0. The summed E-state index contributed by atoms with van der Waals surface area (Å²) in [7, 11) is 0. The Morgan fingerprint density at radius 2 is 0.934 bits per heavy atom. The van der Waals surface area contributed by atoms with Gasteiger partial charge in [0, 0.05) is 22.3 Å². The Morgan fingerprint density at radius 1 is 0.344 bits per heavy atom. The zero-order valence-corrected chi connectivity index (χ0v) is 33.0. The van der Waals surface area contributed by atoms with Gasteiger partial charge in [0.25, 0.3) is 0 Å². The third-order valence-corrected chi connectivity index (χ3v) is 12.2. The van der Waals surface area contributed by atoms with Crippen molar-refractivity contribution in [2.45, 2.75) is 5.41 Å². The van der Waals surface area contributed by atoms with Crippen molar-refractivity contribution in [2.24, 2.45) is 0 Å². The molecule has 0 N–H and O–H groups in total. The van der Waals surface area contributed by atoms with E-state index >= 15 is 0 Å². The molecule has 1 aliphatic carbocycles. The maximum atomic E-state index is 6.99. The highest BCUT2D eigenvalue weighted by Crippen LogP contribution is 2.62. The molecule has 0 saturated carbocycles. The van der Waals surface area contributed by atoms with Crippen LogP contribution in [-0.4, -0.2) is 9.97 Å². The summed E-state index contributed by atoms with van der Waals surface area (Å²) in [6, 6.07) is 76.6. The van der Waals surface area contributed by atoms with E-state index < -0.39 is 5.41 Å². The van der Waals surface area contributed by atoms with Gasteiger partial charge in [-0.25, -0.2) is 9.97 Å². The number of nitrogens with zero attached hydrogens (tertiary/aromatic N) is 2. The maximum Gasteiger partial charge on any atom is 0.178 e. The van der Waals surface area contributed by atoms with Gasteiger partial charge >= 0.3 is 0 Å². The second-order valence-electron chi connectivity index (χ2n) is 15.7. The molecule has 0 bridgehead atoms. The van der Waals surface area contributed by atoms with Gasteiger partial charge in [-0.2, -0.15) is 0 Å². The molecule has 61 heavy (non-hydrogen) atoms. The first-order valence-electron chi connectivity index (χ1n) is 20.6. The van der Waals surface area contributed by atoms with Crippen LogP contribution >= 0.6 is 0 Å². The molecule has 1 aromatic heterocycles. The first kappa shape index (κ1) is 34.9. The molecule has 0 fully saturated rings. The zero-order chi connectivity index (χ0) is 40.3. The van der Waals surface area contributed by atoms with Crippen molar-refractivity contribution >= 4 is 10.8 Å². The predicted molar refractivity (Wildman–Crippen MR) is 245 cm³/mol. The summed E-state index contributed by atoms with van der Waals surface area (Å²) in [5, 5.41) is 2.38. The summed E-state index contributed by atoms with van der Waals surface area (Å²) in [6.07, 6.45) is 0. The Hall–Kier alpha value is -8.08. The molecule has 286 valence electrons. The van der Waals surface area contributed by atoms with E-state index in [1.165, 1.54) is 33.0 Å². The van der Waals surface area contributed by atoms with Crippen LogP contribution < -0.4 is 9.47 Å². The Bertz CT molecular complexity index is 3250. The molecule has 0 spiro atoms. The van der Waals surface area contributed by atoms with Gasteiger partial charge in [0.05, 0.1) is 16.8 Å². The van der Waals surface area contributed by atoms with Crippen LogP contribution in [0.25, 0.3) is 66.9 Å². The molecule has 2 heterocycles. The summed E-state index contributed by atoms with van der Waals surface area (Å²) < 4.78 is 13.6. The minimum absolute atomic E-state index is 0.529. The lowest BCUT2D eigenvalue weighted by Gasteiger charge is -2.34. The van der Waals surface area contributed by atoms with Crippen LogP contribution in [0.1, 0.15) is 22.3 Å². The van der Waals surface area contributed by atoms with Gasteiger partial charge in [0.2, 0.25) is 0 Å². The fourth-order valence-corrected chi connectivity index (χ4v) is 9.38. The van der Waals surface area contributed by atoms with Crippen molar-refractivity contribution in [1.29, 1.82) is 0 Å². The standard InChI is InChI=1S/C57H36N2O2/c1-4-15-40(16-5-1)56-58-49(36-50(59-56)43-29-26-37-14-10-11-17-41(37)34-43)39-27-24-38(25-28-39)42-30-32-51-53(35-42)61-55-52(60-51)33-31-48-54(55)46-22-12-13-23-47(46)57(48,44-18-6-2-7-19-44)45-20-8-3-9-21-45/h1-36H. The number of fused-ring (bicyclic) bond motifs is 7. The minimum atomic E-state index is -0.529. The van der Waals surface area contributed by atoms with Gasteiger partial charge in [-0.05, 0) is 80.0 Å². The molecule has 0 saturated heterocycles. The van der Waals surface area contributed by atoms with Crippen molar-refractivity contribution < 1.29 is 9.47 Å². The van der Waals surface area contributed by atoms with Crippen molar-refractivity contribution in [3.05, 3.63) is 241 Å². The van der Waals surface area contributed by atoms with E-state index in [1.54, 1.807) is 0 Å². The van der Waals surface area contributed by atoms with Crippen molar-refractivity contribution in [3.63, 3.8) is 0 Å². The van der Waals surface area contributed by atoms with Gasteiger partial charge in [-0.15, -0.1) is 0 Å². The van der Waals surface area contributed by atoms with E-state index in [9.17, 15) is 0 Å². The van der Waals surface area contributed by atoms with E-state index in [4.69, 9.17) is 19.4 Å². The Balaban J connectivity index is 0.919. The molecule has 0 radical (unpaired) electrons. The number of benzene rings is 9. The number of ether oxygens (including phenoxy) is 2. The molecule has 0 atom stereocenters. The van der Waals surface area contributed by atoms with E-state index in [-0.39, 0.29) is 0 Å². The zero-order valence-electron chi connectivity index (χ0n) is 33.0. The largest absolute Gasteiger partial charge is 0.449 e. The van der Waals surface area contributed by atoms with Crippen LogP contribution in [0.2, 0.25) is 0 Å². The van der Waals surface area contributed by atoms with E-state index in [0.717, 1.165) is 56.1 Å². The molecule has 4 nitrogen and oxygen atoms in total. The minimum Gasteiger partial charge on any atom is -0.449 e. The van der Waals surface area contributed by atoms with Crippen molar-refractivity contribution in [2.75, 3.05) is 0 Å². The molecule has 0 amide bonds. The highest BCUT2D eigenvalue weighted by molar-refractivity contribution is 5.92. The van der Waals surface area contributed by atoms with Crippen LogP contribution in [0.15, 0.2) is 218 Å². The second kappa shape index (κ2) is 14.0. The van der Waals surface area contributed by atoms with Crippen LogP contribution in [0, 0.1) is 0 Å². The number of hydrogen-bond acceptors (Lipinski definition) is 4. The Morgan fingerprint density at radius 3 is 1.69 bits per heavy atom. The molecule has 9 aromatic carbocycles. The van der Waals surface area contributed by atoms with Gasteiger partial charge in [0.1, 0.15) is 0 Å². The van der Waals surface area contributed by atoms with Gasteiger partial charge in [-0.1, -0.05) is 188 Å². The van der Waals surface area contributed by atoms with Gasteiger partial charge < -0.3 is 9.47 Å². The average molecular weight is 781 g/mol. The molecular formula is C57H36N2O2. The Kier molecular flexibility index (Phi) is 8.04. The van der Waals surface area contributed by atoms with Crippen LogP contribution in [-0.2, 0) is 5.41 Å². The molecule has 1 aliphatic heterocycles. The van der Waals surface area contributed by atoms with E-state index in [1.807, 2.05) is 24.3 Å². The summed E-state index contributed by atoms with van der Waals surface area (Å²) in [5.74, 6) is 3.50. The van der Waals surface area contributed by atoms with Crippen LogP contribution in [0.4, 0.5) is 0 Å². The molecule has 12 rings (SSSR count). The van der Waals surface area contributed by atoms with Crippen LogP contribution in [0.5, 0.6) is 23.0 Å². The molecule has 2 aliphatic rings.